The standard InChI is InChI=1S/C23H36O7.Na/c1-4-13(2)23(29)30-20-11-17(25)9-15-6-5-14(3)19(22(15)20)8-7-16(24)10-18(26)12-21(27)28;/h5-6,9,13-14,16-20,22,24-26H,4,7-8,10-12H2,1-3H3,(H,27,28);/q;+1/p-1/t13?,14-,16+,17+,18+,19?,20-,22-;/m0./s1. The fourth-order valence-corrected chi connectivity index (χ4v) is 4.51. The molecule has 0 saturated carbocycles. The van der Waals surface area contributed by atoms with Gasteiger partial charge in [-0.3, -0.25) is 4.79 Å². The quantitative estimate of drug-likeness (QED) is 0.265. The van der Waals surface area contributed by atoms with Crippen molar-refractivity contribution in [3.63, 3.8) is 0 Å². The zero-order valence-electron chi connectivity index (χ0n) is 19.1. The van der Waals surface area contributed by atoms with E-state index in [1.807, 2.05) is 26.0 Å². The number of rotatable bonds is 10. The normalized spacial score (nSPS) is 30.3. The van der Waals surface area contributed by atoms with Crippen molar-refractivity contribution in [2.75, 3.05) is 0 Å². The molecule has 31 heavy (non-hydrogen) atoms. The number of aliphatic carboxylic acids is 1. The molecule has 0 aromatic rings. The summed E-state index contributed by atoms with van der Waals surface area (Å²) < 4.78 is 5.83. The topological polar surface area (TPSA) is 127 Å². The molecule has 0 amide bonds. The third kappa shape index (κ3) is 8.30. The first-order chi connectivity index (χ1) is 14.1. The Morgan fingerprint density at radius 1 is 1.29 bits per heavy atom. The molecule has 2 aliphatic rings. The van der Waals surface area contributed by atoms with E-state index in [1.165, 1.54) is 0 Å². The fourth-order valence-electron chi connectivity index (χ4n) is 4.51. The number of aliphatic hydroxyl groups excluding tert-OH is 3. The van der Waals surface area contributed by atoms with Gasteiger partial charge in [0.15, 0.2) is 0 Å². The minimum atomic E-state index is -1.35. The van der Waals surface area contributed by atoms with Gasteiger partial charge >= 0.3 is 35.5 Å². The Bertz CT molecular complexity index is 662. The molecule has 0 aromatic carbocycles. The van der Waals surface area contributed by atoms with Gasteiger partial charge in [-0.2, -0.15) is 0 Å². The first kappa shape index (κ1) is 28.3. The number of aliphatic hydroxyl groups is 3. The molecule has 170 valence electrons. The number of carboxylic acid groups (broad SMARTS) is 1. The van der Waals surface area contributed by atoms with Crippen LogP contribution in [0.2, 0.25) is 0 Å². The van der Waals surface area contributed by atoms with Gasteiger partial charge < -0.3 is 30.0 Å². The van der Waals surface area contributed by atoms with Gasteiger partial charge in [-0.05, 0) is 43.1 Å². The van der Waals surface area contributed by atoms with Crippen molar-refractivity contribution in [2.24, 2.45) is 23.7 Å². The number of carboxylic acids is 1. The molecule has 8 heteroatoms. The van der Waals surface area contributed by atoms with E-state index in [9.17, 15) is 30.0 Å². The number of fused-ring (bicyclic) bond motifs is 1. The summed E-state index contributed by atoms with van der Waals surface area (Å²) in [5.74, 6) is -1.60. The van der Waals surface area contributed by atoms with Crippen LogP contribution in [-0.2, 0) is 14.3 Å². The molecule has 3 N–H and O–H groups in total. The second kappa shape index (κ2) is 13.1. The SMILES string of the molecule is CCC(C)C(=O)O[C@H]1C[C@H](O)C=C2C=C[C@H](C)C(CC[C@@H](O)C[C@@H](O)CC(=O)[O-])[C@H]21.[Na+]. The number of hydrogen-bond donors (Lipinski definition) is 3. The summed E-state index contributed by atoms with van der Waals surface area (Å²) in [6, 6.07) is 0. The first-order valence-corrected chi connectivity index (χ1v) is 11.0. The summed E-state index contributed by atoms with van der Waals surface area (Å²) in [6.45, 7) is 5.83. The number of esters is 1. The Labute approximate surface area is 206 Å². The number of hydrogen-bond acceptors (Lipinski definition) is 7. The van der Waals surface area contributed by atoms with Crippen LogP contribution in [0, 0.1) is 23.7 Å². The predicted molar refractivity (Wildman–Crippen MR) is 109 cm³/mol. The van der Waals surface area contributed by atoms with Crippen LogP contribution in [0.5, 0.6) is 0 Å². The molecule has 2 unspecified atom stereocenters. The van der Waals surface area contributed by atoms with E-state index in [4.69, 9.17) is 4.74 Å². The molecule has 2 aliphatic carbocycles. The molecule has 0 fully saturated rings. The second-order valence-electron chi connectivity index (χ2n) is 8.86. The largest absolute Gasteiger partial charge is 1.00 e. The molecule has 0 spiro atoms. The third-order valence-corrected chi connectivity index (χ3v) is 6.43. The summed E-state index contributed by atoms with van der Waals surface area (Å²) in [5, 5.41) is 40.8. The molecular formula is C23H35NaO7. The number of ether oxygens (including phenoxy) is 1. The molecule has 7 nitrogen and oxygen atoms in total. The molecule has 0 aromatic heterocycles. The minimum absolute atomic E-state index is 0. The molecule has 8 atom stereocenters. The van der Waals surface area contributed by atoms with E-state index >= 15 is 0 Å². The van der Waals surface area contributed by atoms with Gasteiger partial charge in [-0.15, -0.1) is 0 Å². The van der Waals surface area contributed by atoms with Crippen molar-refractivity contribution in [1.29, 1.82) is 0 Å². The Morgan fingerprint density at radius 3 is 2.58 bits per heavy atom. The Morgan fingerprint density at radius 2 is 1.97 bits per heavy atom. The first-order valence-electron chi connectivity index (χ1n) is 11.0. The third-order valence-electron chi connectivity index (χ3n) is 6.43. The summed E-state index contributed by atoms with van der Waals surface area (Å²) >= 11 is 0. The van der Waals surface area contributed by atoms with Gasteiger partial charge in [0.1, 0.15) is 6.10 Å². The van der Waals surface area contributed by atoms with Crippen LogP contribution in [-0.4, -0.2) is 51.7 Å². The van der Waals surface area contributed by atoms with Crippen molar-refractivity contribution in [3.8, 4) is 0 Å². The Balaban J connectivity index is 0.00000480. The van der Waals surface area contributed by atoms with Crippen molar-refractivity contribution in [2.45, 2.75) is 83.7 Å². The van der Waals surface area contributed by atoms with Gasteiger partial charge in [0.2, 0.25) is 0 Å². The molecule has 0 saturated heterocycles. The van der Waals surface area contributed by atoms with Crippen LogP contribution in [0.3, 0.4) is 0 Å². The second-order valence-corrected chi connectivity index (χ2v) is 8.86. The van der Waals surface area contributed by atoms with Crippen LogP contribution < -0.4 is 34.7 Å². The average molecular weight is 447 g/mol. The zero-order valence-corrected chi connectivity index (χ0v) is 21.1. The molecule has 0 radical (unpaired) electrons. The maximum Gasteiger partial charge on any atom is 1.00 e. The number of allylic oxidation sites excluding steroid dienone is 2. The summed E-state index contributed by atoms with van der Waals surface area (Å²) in [4.78, 5) is 23.0. The van der Waals surface area contributed by atoms with E-state index in [-0.39, 0.29) is 65.6 Å². The van der Waals surface area contributed by atoms with Crippen molar-refractivity contribution in [3.05, 3.63) is 23.8 Å². The zero-order chi connectivity index (χ0) is 22.4. The molecular weight excluding hydrogens is 411 g/mol. The van der Waals surface area contributed by atoms with Crippen molar-refractivity contribution >= 4 is 11.9 Å². The number of carbonyl (C=O) groups is 2. The Kier molecular flexibility index (Phi) is 12.0. The van der Waals surface area contributed by atoms with Crippen molar-refractivity contribution < 1.29 is 64.3 Å². The van der Waals surface area contributed by atoms with E-state index in [2.05, 4.69) is 13.0 Å². The van der Waals surface area contributed by atoms with Gasteiger partial charge in [0.05, 0.1) is 24.2 Å². The maximum atomic E-state index is 12.4. The number of carbonyl (C=O) groups excluding carboxylic acids is 2. The van der Waals surface area contributed by atoms with Gasteiger partial charge in [0, 0.05) is 24.7 Å². The van der Waals surface area contributed by atoms with Gasteiger partial charge in [-0.25, -0.2) is 0 Å². The summed E-state index contributed by atoms with van der Waals surface area (Å²) in [6.07, 6.45) is 4.31. The smallest absolute Gasteiger partial charge is 0.550 e. The van der Waals surface area contributed by atoms with Crippen LogP contribution in [0.15, 0.2) is 23.8 Å². The predicted octanol–water partition coefficient (Wildman–Crippen LogP) is -1.89. The molecule has 0 bridgehead atoms. The van der Waals surface area contributed by atoms with Crippen LogP contribution in [0.25, 0.3) is 0 Å². The fraction of sp³-hybridized carbons (Fsp3) is 0.739. The Hall–Kier alpha value is -0.700. The van der Waals surface area contributed by atoms with Gasteiger partial charge in [-0.1, -0.05) is 39.0 Å². The van der Waals surface area contributed by atoms with E-state index in [0.717, 1.165) is 5.57 Å². The van der Waals surface area contributed by atoms with E-state index in [1.54, 1.807) is 0 Å². The maximum absolute atomic E-state index is 12.4. The molecule has 0 heterocycles. The molecule has 2 rings (SSSR count). The molecule has 0 aliphatic heterocycles. The minimum Gasteiger partial charge on any atom is -0.550 e. The van der Waals surface area contributed by atoms with E-state index < -0.39 is 36.8 Å². The van der Waals surface area contributed by atoms with Crippen LogP contribution in [0.1, 0.15) is 59.3 Å². The van der Waals surface area contributed by atoms with Crippen molar-refractivity contribution in [1.82, 2.24) is 0 Å². The summed E-state index contributed by atoms with van der Waals surface area (Å²) in [5.41, 5.74) is 0.949. The van der Waals surface area contributed by atoms with Crippen LogP contribution in [0.4, 0.5) is 0 Å². The van der Waals surface area contributed by atoms with Crippen LogP contribution >= 0.6 is 0 Å². The summed E-state index contributed by atoms with van der Waals surface area (Å²) in [7, 11) is 0. The van der Waals surface area contributed by atoms with Gasteiger partial charge in [0.25, 0.3) is 0 Å². The average Bonchev–Trinajstić information content (AvgIpc) is 2.65. The monoisotopic (exact) mass is 446 g/mol. The van der Waals surface area contributed by atoms with E-state index in [0.29, 0.717) is 25.7 Å².